The summed E-state index contributed by atoms with van der Waals surface area (Å²) in [7, 11) is 2.10. The first-order valence-electron chi connectivity index (χ1n) is 24.1. The number of carbonyl (C=O) groups is 10. The monoisotopic (exact) mass is 1080 g/mol. The third kappa shape index (κ3) is 20.4. The van der Waals surface area contributed by atoms with Crippen molar-refractivity contribution in [2.45, 2.75) is 113 Å². The minimum absolute atomic E-state index is 0.0238. The second-order valence-electron chi connectivity index (χ2n) is 18.0. The zero-order chi connectivity index (χ0) is 55.2. The number of nitrogens with one attached hydrogen (secondary N) is 7. The van der Waals surface area contributed by atoms with Crippen molar-refractivity contribution < 1.29 is 53.1 Å². The maximum Gasteiger partial charge on any atom is 0.246 e. The third-order valence-corrected chi connectivity index (χ3v) is 14.3. The normalized spacial score (nSPS) is 22.6. The molecular weight excluding hydrogens is 1010 g/mol. The Bertz CT molecular complexity index is 2410. The highest BCUT2D eigenvalue weighted by Crippen LogP contribution is 2.26. The SMILES string of the molecule is C=C1N[C@@H](CCC(N)=O)C(=O)N[C@@H](CC(C)=O)C(=O)N[C@H](C(=O)N2CCC[C@H]2C(=O)N[C@@H](CCCN=C(N)N)C(=O)NCC(N)=O)CSSC[C@H](N)C(=O)N[C@@H](Cc2ccc(O)cc2)C(=O)N[C@H]1Cc1ccccc1. The predicted molar refractivity (Wildman–Crippen MR) is 281 cm³/mol. The van der Waals surface area contributed by atoms with Crippen molar-refractivity contribution in [3.63, 3.8) is 0 Å². The van der Waals surface area contributed by atoms with E-state index in [9.17, 15) is 53.1 Å². The van der Waals surface area contributed by atoms with Gasteiger partial charge in [-0.1, -0.05) is 70.6 Å². The second-order valence-corrected chi connectivity index (χ2v) is 20.5. The second kappa shape index (κ2) is 30.1. The topological polar surface area (TPSA) is 421 Å². The Kier molecular flexibility index (Phi) is 24.1. The molecule has 18 N–H and O–H groups in total. The molecule has 0 aliphatic carbocycles. The Morgan fingerprint density at radius 3 is 2.05 bits per heavy atom. The van der Waals surface area contributed by atoms with Crippen LogP contribution in [0.15, 0.2) is 71.9 Å². The molecule has 408 valence electrons. The zero-order valence-electron chi connectivity index (χ0n) is 41.5. The molecule has 0 unspecified atom stereocenters. The van der Waals surface area contributed by atoms with E-state index >= 15 is 0 Å². The van der Waals surface area contributed by atoms with Crippen molar-refractivity contribution >= 4 is 86.5 Å². The molecule has 2 aliphatic heterocycles. The average Bonchev–Trinajstić information content (AvgIpc) is 3.86. The zero-order valence-corrected chi connectivity index (χ0v) is 43.2. The summed E-state index contributed by atoms with van der Waals surface area (Å²) in [6.45, 7) is 4.98. The number of aromatic hydroxyl groups is 1. The van der Waals surface area contributed by atoms with Crippen LogP contribution in [-0.2, 0) is 60.8 Å². The maximum atomic E-state index is 14.7. The standard InChI is InChI=1S/C48H68N14O11S2/c1-26(63)20-35-44(70)61-37(47(73)62-19-7-11-38(62)46(72)57-32(10-6-18-54-48(52)53)42(68)55-23-40(51)66)25-75-74-24-31(49)41(67)59-36(22-29-12-14-30(64)15-13-29)45(71)58-34(21-28-8-4-3-5-9-28)27(2)56-33(43(69)60-35)16-17-39(50)65/h3-5,8-9,12-15,31-38,56,64H,2,6-7,10-11,16-25,49H2,1H3,(H2,50,65)(H2,51,66)(H,55,68)(H,57,72)(H,58,71)(H,59,67)(H,60,69)(H,61,70)(H4,52,53,54)/t31-,32-,33-,34-,35-,36-,37-,38-/m0/s1. The van der Waals surface area contributed by atoms with Crippen LogP contribution in [0.2, 0.25) is 0 Å². The Morgan fingerprint density at radius 1 is 0.787 bits per heavy atom. The van der Waals surface area contributed by atoms with Gasteiger partial charge in [-0.05, 0) is 68.7 Å². The van der Waals surface area contributed by atoms with E-state index in [0.717, 1.165) is 27.2 Å². The largest absolute Gasteiger partial charge is 0.508 e. The summed E-state index contributed by atoms with van der Waals surface area (Å²) < 4.78 is 0. The molecule has 0 radical (unpaired) electrons. The smallest absolute Gasteiger partial charge is 0.246 e. The number of carbonyl (C=O) groups excluding carboxylic acids is 10. The molecular formula is C48H68N14O11S2. The fourth-order valence-corrected chi connectivity index (χ4v) is 10.3. The highest BCUT2D eigenvalue weighted by atomic mass is 33.1. The molecule has 25 nitrogen and oxygen atoms in total. The van der Waals surface area contributed by atoms with Crippen LogP contribution in [-0.4, -0.2) is 154 Å². The van der Waals surface area contributed by atoms with Gasteiger partial charge in [0.1, 0.15) is 47.8 Å². The number of nitrogens with two attached hydrogens (primary N) is 5. The van der Waals surface area contributed by atoms with Crippen LogP contribution < -0.4 is 65.9 Å². The number of amides is 9. The van der Waals surface area contributed by atoms with Crippen LogP contribution >= 0.6 is 21.6 Å². The van der Waals surface area contributed by atoms with E-state index in [-0.39, 0.29) is 86.9 Å². The fraction of sp³-hybridized carbons (Fsp3) is 0.479. The van der Waals surface area contributed by atoms with Gasteiger partial charge in [0.2, 0.25) is 53.2 Å². The van der Waals surface area contributed by atoms with E-state index in [1.807, 2.05) is 0 Å². The molecule has 0 bridgehead atoms. The number of phenols is 1. The number of phenolic OH excluding ortho intramolecular Hbond substituents is 1. The Morgan fingerprint density at radius 2 is 1.40 bits per heavy atom. The van der Waals surface area contributed by atoms with Gasteiger partial charge in [0.15, 0.2) is 5.96 Å². The van der Waals surface area contributed by atoms with Crippen LogP contribution in [0.1, 0.15) is 63.0 Å². The van der Waals surface area contributed by atoms with Crippen LogP contribution in [0, 0.1) is 0 Å². The molecule has 9 amide bonds. The summed E-state index contributed by atoms with van der Waals surface area (Å²) in [5.74, 6) is -8.00. The summed E-state index contributed by atoms with van der Waals surface area (Å²) in [5.41, 5.74) is 29.4. The lowest BCUT2D eigenvalue weighted by molar-refractivity contribution is -0.142. The molecule has 0 aromatic heterocycles. The van der Waals surface area contributed by atoms with E-state index in [1.165, 1.54) is 24.0 Å². The number of nitrogens with zero attached hydrogens (tertiary/aromatic N) is 2. The number of benzene rings is 2. The van der Waals surface area contributed by atoms with Crippen LogP contribution in [0.3, 0.4) is 0 Å². The van der Waals surface area contributed by atoms with Gasteiger partial charge in [0.25, 0.3) is 0 Å². The van der Waals surface area contributed by atoms with E-state index in [2.05, 4.69) is 48.8 Å². The predicted octanol–water partition coefficient (Wildman–Crippen LogP) is -3.31. The van der Waals surface area contributed by atoms with Gasteiger partial charge in [0, 0.05) is 49.6 Å². The van der Waals surface area contributed by atoms with E-state index in [1.54, 1.807) is 42.5 Å². The summed E-state index contributed by atoms with van der Waals surface area (Å²) in [6.07, 6.45) is -0.294. The molecule has 2 heterocycles. The van der Waals surface area contributed by atoms with Crippen LogP contribution in [0.5, 0.6) is 5.75 Å². The highest BCUT2D eigenvalue weighted by molar-refractivity contribution is 8.76. The Labute approximate surface area is 441 Å². The summed E-state index contributed by atoms with van der Waals surface area (Å²) >= 11 is 0. The number of primary amides is 2. The van der Waals surface area contributed by atoms with Gasteiger partial charge in [-0.15, -0.1) is 0 Å². The highest BCUT2D eigenvalue weighted by Gasteiger charge is 2.40. The van der Waals surface area contributed by atoms with Crippen molar-refractivity contribution in [2.75, 3.05) is 31.1 Å². The van der Waals surface area contributed by atoms with Crippen molar-refractivity contribution in [1.29, 1.82) is 0 Å². The molecule has 75 heavy (non-hydrogen) atoms. The number of Topliss-reactive ketones (excluding diaryl/α,β-unsaturated/α-hetero) is 1. The number of guanidine groups is 1. The molecule has 2 aliphatic rings. The average molecular weight is 1080 g/mol. The maximum absolute atomic E-state index is 14.7. The van der Waals surface area contributed by atoms with Crippen molar-refractivity contribution in [2.24, 2.45) is 33.7 Å². The molecule has 0 saturated carbocycles. The molecule has 2 fully saturated rings. The third-order valence-electron chi connectivity index (χ3n) is 11.9. The molecule has 8 atom stereocenters. The minimum Gasteiger partial charge on any atom is -0.508 e. The number of hydrogen-bond acceptors (Lipinski definition) is 16. The molecule has 2 saturated heterocycles. The molecule has 2 aromatic carbocycles. The van der Waals surface area contributed by atoms with E-state index in [0.29, 0.717) is 12.0 Å². The summed E-state index contributed by atoms with van der Waals surface area (Å²) in [6, 6.07) is 4.81. The number of aliphatic imine (C=N–C) groups is 1. The van der Waals surface area contributed by atoms with Gasteiger partial charge in [-0.2, -0.15) is 0 Å². The van der Waals surface area contributed by atoms with Crippen molar-refractivity contribution in [1.82, 2.24) is 42.1 Å². The number of likely N-dealkylation sites (tertiary alicyclic amines) is 1. The van der Waals surface area contributed by atoms with Gasteiger partial charge in [0.05, 0.1) is 18.6 Å². The lowest BCUT2D eigenvalue weighted by atomic mass is 10.00. The van der Waals surface area contributed by atoms with Crippen molar-refractivity contribution in [3.8, 4) is 5.75 Å². The van der Waals surface area contributed by atoms with Crippen LogP contribution in [0.25, 0.3) is 0 Å². The van der Waals surface area contributed by atoms with E-state index in [4.69, 9.17) is 28.7 Å². The number of hydrogen-bond donors (Lipinski definition) is 13. The molecule has 2 aromatic rings. The summed E-state index contributed by atoms with van der Waals surface area (Å²) in [4.78, 5) is 140. The molecule has 4 rings (SSSR count). The number of rotatable bonds is 19. The first-order valence-corrected chi connectivity index (χ1v) is 26.6. The van der Waals surface area contributed by atoms with Gasteiger partial charge < -0.3 is 75.9 Å². The fourth-order valence-electron chi connectivity index (χ4n) is 7.99. The molecule has 0 spiro atoms. The lowest BCUT2D eigenvalue weighted by Gasteiger charge is -2.31. The Hall–Kier alpha value is -7.39. The minimum atomic E-state index is -1.59. The quantitative estimate of drug-likeness (QED) is 0.0283. The van der Waals surface area contributed by atoms with Gasteiger partial charge in [-0.3, -0.25) is 52.9 Å². The first-order chi connectivity index (χ1) is 35.6. The van der Waals surface area contributed by atoms with Crippen molar-refractivity contribution in [3.05, 3.63) is 78.0 Å². The van der Waals surface area contributed by atoms with Gasteiger partial charge in [-0.25, -0.2) is 0 Å². The van der Waals surface area contributed by atoms with Gasteiger partial charge >= 0.3 is 0 Å². The Balaban J connectivity index is 1.71. The molecule has 27 heteroatoms. The first kappa shape index (κ1) is 60.2. The lowest BCUT2D eigenvalue weighted by Crippen LogP contribution is -2.60. The van der Waals surface area contributed by atoms with Crippen LogP contribution in [0.4, 0.5) is 0 Å². The number of ketones is 1. The summed E-state index contributed by atoms with van der Waals surface area (Å²) in [5, 5.41) is 28.9. The van der Waals surface area contributed by atoms with E-state index < -0.39 is 120 Å².